The van der Waals surface area contributed by atoms with Crippen molar-refractivity contribution in [2.24, 2.45) is 5.92 Å². The number of aromatic nitrogens is 3. The Kier molecular flexibility index (Phi) is 5.45. The number of nitrogens with one attached hydrogen (secondary N) is 1. The van der Waals surface area contributed by atoms with Gasteiger partial charge in [-0.1, -0.05) is 19.9 Å². The van der Waals surface area contributed by atoms with Crippen molar-refractivity contribution in [3.63, 3.8) is 0 Å². The van der Waals surface area contributed by atoms with Crippen LogP contribution in [-0.4, -0.2) is 29.5 Å². The first-order valence-electron chi connectivity index (χ1n) is 8.07. The molecule has 0 fully saturated rings. The van der Waals surface area contributed by atoms with E-state index < -0.39 is 10.0 Å². The summed E-state index contributed by atoms with van der Waals surface area (Å²) in [4.78, 5) is 1.90. The summed E-state index contributed by atoms with van der Waals surface area (Å²) in [6.07, 6.45) is 3.17. The lowest BCUT2D eigenvalue weighted by Crippen LogP contribution is -2.42. The average molecular weight is 350 g/mol. The molecule has 0 amide bonds. The van der Waals surface area contributed by atoms with E-state index in [4.69, 9.17) is 0 Å². The molecule has 7 heteroatoms. The van der Waals surface area contributed by atoms with Gasteiger partial charge in [0.1, 0.15) is 0 Å². The second-order valence-corrected chi connectivity index (χ2v) is 8.30. The number of aryl methyl sites for hydroxylation is 2. The second-order valence-electron chi connectivity index (χ2n) is 6.65. The molecule has 1 unspecified atom stereocenters. The molecular formula is C17H26N4O2S. The van der Waals surface area contributed by atoms with Gasteiger partial charge >= 0.3 is 0 Å². The van der Waals surface area contributed by atoms with Crippen molar-refractivity contribution in [3.8, 4) is 0 Å². The monoisotopic (exact) mass is 350 g/mol. The lowest BCUT2D eigenvalue weighted by Gasteiger charge is -2.24. The zero-order chi connectivity index (χ0) is 18.1. The molecule has 132 valence electrons. The third-order valence-electron chi connectivity index (χ3n) is 4.50. The highest BCUT2D eigenvalue weighted by atomic mass is 32.2. The molecule has 24 heavy (non-hydrogen) atoms. The fraction of sp³-hybridized carbons (Fsp3) is 0.529. The molecule has 2 rings (SSSR count). The van der Waals surface area contributed by atoms with E-state index in [1.165, 1.54) is 4.80 Å². The standard InChI is InChI=1S/C17H26N4O2S/c1-11(2)16(10-21-18-7-8-19-21)20-24(22,23)17-14(5)12(3)9-13(4)15(17)6/h7-9,11,16,20H,10H2,1-6H3. The molecule has 6 nitrogen and oxygen atoms in total. The maximum atomic E-state index is 13.1. The van der Waals surface area contributed by atoms with Gasteiger partial charge in [-0.15, -0.1) is 0 Å². The van der Waals surface area contributed by atoms with E-state index in [0.717, 1.165) is 22.3 Å². The summed E-state index contributed by atoms with van der Waals surface area (Å²) in [6, 6.07) is 1.74. The Morgan fingerprint density at radius 2 is 1.54 bits per heavy atom. The van der Waals surface area contributed by atoms with Crippen LogP contribution in [0, 0.1) is 33.6 Å². The van der Waals surface area contributed by atoms with Crippen molar-refractivity contribution in [3.05, 3.63) is 40.7 Å². The summed E-state index contributed by atoms with van der Waals surface area (Å²) in [5, 5.41) is 8.15. The van der Waals surface area contributed by atoms with Crippen LogP contribution in [0.15, 0.2) is 23.4 Å². The summed E-state index contributed by atoms with van der Waals surface area (Å²) >= 11 is 0. The number of nitrogens with zero attached hydrogens (tertiary/aromatic N) is 3. The van der Waals surface area contributed by atoms with Crippen molar-refractivity contribution in [2.75, 3.05) is 0 Å². The zero-order valence-electron chi connectivity index (χ0n) is 15.2. The minimum atomic E-state index is -3.63. The van der Waals surface area contributed by atoms with Gasteiger partial charge in [0.05, 0.1) is 23.8 Å². The quantitative estimate of drug-likeness (QED) is 0.868. The van der Waals surface area contributed by atoms with Crippen molar-refractivity contribution in [1.29, 1.82) is 0 Å². The lowest BCUT2D eigenvalue weighted by molar-refractivity contribution is 0.361. The molecule has 1 aromatic carbocycles. The Morgan fingerprint density at radius 1 is 1.04 bits per heavy atom. The molecule has 0 saturated heterocycles. The topological polar surface area (TPSA) is 76.9 Å². The summed E-state index contributed by atoms with van der Waals surface area (Å²) < 4.78 is 29.0. The van der Waals surface area contributed by atoms with Crippen molar-refractivity contribution in [1.82, 2.24) is 19.7 Å². The van der Waals surface area contributed by atoms with Crippen LogP contribution in [0.2, 0.25) is 0 Å². The number of rotatable bonds is 6. The highest BCUT2D eigenvalue weighted by molar-refractivity contribution is 7.89. The van der Waals surface area contributed by atoms with Gasteiger partial charge in [0, 0.05) is 6.04 Å². The van der Waals surface area contributed by atoms with Crippen molar-refractivity contribution < 1.29 is 8.42 Å². The molecule has 0 aliphatic rings. The molecule has 1 N–H and O–H groups in total. The molecule has 0 radical (unpaired) electrons. The van der Waals surface area contributed by atoms with Crippen LogP contribution in [0.4, 0.5) is 0 Å². The lowest BCUT2D eigenvalue weighted by atomic mass is 10.0. The number of hydrogen-bond donors (Lipinski definition) is 1. The van der Waals surface area contributed by atoms with Crippen LogP contribution in [0.5, 0.6) is 0 Å². The normalized spacial score (nSPS) is 13.5. The Hall–Kier alpha value is -1.73. The maximum Gasteiger partial charge on any atom is 0.241 e. The van der Waals surface area contributed by atoms with Crippen LogP contribution >= 0.6 is 0 Å². The fourth-order valence-corrected chi connectivity index (χ4v) is 4.73. The van der Waals surface area contributed by atoms with Gasteiger partial charge in [-0.3, -0.25) is 0 Å². The van der Waals surface area contributed by atoms with E-state index in [1.807, 2.05) is 47.6 Å². The Morgan fingerprint density at radius 3 is 2.00 bits per heavy atom. The Labute approximate surface area is 144 Å². The molecule has 0 saturated carbocycles. The number of sulfonamides is 1. The maximum absolute atomic E-state index is 13.1. The van der Waals surface area contributed by atoms with Gasteiger partial charge in [-0.2, -0.15) is 15.0 Å². The van der Waals surface area contributed by atoms with Crippen LogP contribution < -0.4 is 4.72 Å². The molecule has 0 bridgehead atoms. The van der Waals surface area contributed by atoms with Crippen molar-refractivity contribution in [2.45, 2.75) is 59.0 Å². The second kappa shape index (κ2) is 7.03. The SMILES string of the molecule is Cc1cc(C)c(C)c(S(=O)(=O)NC(Cn2nccn2)C(C)C)c1C. The molecule has 0 aliphatic carbocycles. The fourth-order valence-electron chi connectivity index (χ4n) is 2.74. The van der Waals surface area contributed by atoms with Crippen LogP contribution in [0.3, 0.4) is 0 Å². The van der Waals surface area contributed by atoms with Crippen LogP contribution in [0.25, 0.3) is 0 Å². The predicted octanol–water partition coefficient (Wildman–Crippen LogP) is 2.51. The molecule has 1 heterocycles. The van der Waals surface area contributed by atoms with E-state index in [9.17, 15) is 8.42 Å². The average Bonchev–Trinajstić information content (AvgIpc) is 2.97. The minimum Gasteiger partial charge on any atom is -0.207 e. The van der Waals surface area contributed by atoms with E-state index in [1.54, 1.807) is 12.4 Å². The minimum absolute atomic E-state index is 0.109. The first-order valence-corrected chi connectivity index (χ1v) is 9.55. The van der Waals surface area contributed by atoms with Crippen LogP contribution in [0.1, 0.15) is 36.1 Å². The first-order chi connectivity index (χ1) is 11.1. The molecule has 1 atom stereocenters. The third kappa shape index (κ3) is 3.84. The van der Waals surface area contributed by atoms with Gasteiger partial charge < -0.3 is 0 Å². The zero-order valence-corrected chi connectivity index (χ0v) is 16.0. The Bertz CT molecular complexity index is 785. The molecule has 0 aliphatic heterocycles. The predicted molar refractivity (Wildman–Crippen MR) is 94.4 cm³/mol. The van der Waals surface area contributed by atoms with Gasteiger partial charge in [0.25, 0.3) is 0 Å². The molecule has 1 aromatic heterocycles. The number of benzene rings is 1. The molecule has 2 aromatic rings. The summed E-state index contributed by atoms with van der Waals surface area (Å²) in [5.41, 5.74) is 3.55. The smallest absolute Gasteiger partial charge is 0.207 e. The molecular weight excluding hydrogens is 324 g/mol. The largest absolute Gasteiger partial charge is 0.241 e. The third-order valence-corrected chi connectivity index (χ3v) is 6.27. The number of hydrogen-bond acceptors (Lipinski definition) is 4. The molecule has 0 spiro atoms. The summed E-state index contributed by atoms with van der Waals surface area (Å²) in [5.74, 6) is 0.109. The highest BCUT2D eigenvalue weighted by Gasteiger charge is 2.27. The van der Waals surface area contributed by atoms with E-state index >= 15 is 0 Å². The first kappa shape index (κ1) is 18.6. The van der Waals surface area contributed by atoms with Crippen molar-refractivity contribution >= 4 is 10.0 Å². The van der Waals surface area contributed by atoms with Crippen LogP contribution in [-0.2, 0) is 16.6 Å². The van der Waals surface area contributed by atoms with E-state index in [2.05, 4.69) is 14.9 Å². The van der Waals surface area contributed by atoms with Gasteiger partial charge in [0.2, 0.25) is 10.0 Å². The summed E-state index contributed by atoms with van der Waals surface area (Å²) in [6.45, 7) is 12.0. The summed E-state index contributed by atoms with van der Waals surface area (Å²) in [7, 11) is -3.63. The van der Waals surface area contributed by atoms with E-state index in [0.29, 0.717) is 11.4 Å². The van der Waals surface area contributed by atoms with E-state index in [-0.39, 0.29) is 12.0 Å². The van der Waals surface area contributed by atoms with Gasteiger partial charge in [0.15, 0.2) is 0 Å². The van der Waals surface area contributed by atoms with Gasteiger partial charge in [-0.05, 0) is 55.9 Å². The highest BCUT2D eigenvalue weighted by Crippen LogP contribution is 2.26. The van der Waals surface area contributed by atoms with Gasteiger partial charge in [-0.25, -0.2) is 13.1 Å². The Balaban J connectivity index is 2.39.